The van der Waals surface area contributed by atoms with Crippen LogP contribution in [0.4, 0.5) is 0 Å². The van der Waals surface area contributed by atoms with Crippen molar-refractivity contribution in [1.82, 2.24) is 9.97 Å². The zero-order valence-corrected chi connectivity index (χ0v) is 11.0. The van der Waals surface area contributed by atoms with Gasteiger partial charge in [-0.25, -0.2) is 4.98 Å². The van der Waals surface area contributed by atoms with Crippen LogP contribution in [0.1, 0.15) is 37.3 Å². The molecule has 2 heterocycles. The van der Waals surface area contributed by atoms with Gasteiger partial charge in [-0.3, -0.25) is 4.79 Å². The second-order valence-electron chi connectivity index (χ2n) is 5.45. The fraction of sp³-hybridized carbons (Fsp3) is 0.500. The van der Waals surface area contributed by atoms with Crippen LogP contribution in [0.3, 0.4) is 0 Å². The minimum absolute atomic E-state index is 0.137. The molecule has 0 aromatic carbocycles. The summed E-state index contributed by atoms with van der Waals surface area (Å²) in [6, 6.07) is 3.70. The SMILES string of the molecule is Cc1ccc2oc(C3CC(C)CC3C(=O)O)nc2n1. The summed E-state index contributed by atoms with van der Waals surface area (Å²) in [5.41, 5.74) is 2.07. The van der Waals surface area contributed by atoms with E-state index in [1.54, 1.807) is 0 Å². The number of carbonyl (C=O) groups is 1. The maximum atomic E-state index is 11.3. The number of oxazole rings is 1. The van der Waals surface area contributed by atoms with Gasteiger partial charge in [-0.1, -0.05) is 6.92 Å². The Balaban J connectivity index is 2.01. The van der Waals surface area contributed by atoms with Gasteiger partial charge in [-0.15, -0.1) is 0 Å². The molecular formula is C14H16N2O3. The van der Waals surface area contributed by atoms with Crippen LogP contribution in [-0.4, -0.2) is 21.0 Å². The van der Waals surface area contributed by atoms with Crippen molar-refractivity contribution < 1.29 is 14.3 Å². The van der Waals surface area contributed by atoms with Crippen molar-refractivity contribution in [2.75, 3.05) is 0 Å². The molecule has 0 amide bonds. The molecule has 19 heavy (non-hydrogen) atoms. The first-order valence-corrected chi connectivity index (χ1v) is 6.51. The molecule has 1 aliphatic rings. The molecule has 0 spiro atoms. The fourth-order valence-corrected chi connectivity index (χ4v) is 2.93. The molecule has 2 aromatic heterocycles. The van der Waals surface area contributed by atoms with E-state index in [0.29, 0.717) is 29.5 Å². The van der Waals surface area contributed by atoms with Crippen LogP contribution < -0.4 is 0 Å². The summed E-state index contributed by atoms with van der Waals surface area (Å²) in [7, 11) is 0. The first-order valence-electron chi connectivity index (χ1n) is 6.51. The van der Waals surface area contributed by atoms with Crippen molar-refractivity contribution in [2.24, 2.45) is 11.8 Å². The molecule has 0 saturated heterocycles. The third-order valence-electron chi connectivity index (χ3n) is 3.84. The molecule has 1 saturated carbocycles. The van der Waals surface area contributed by atoms with Crippen LogP contribution in [-0.2, 0) is 4.79 Å². The number of hydrogen-bond donors (Lipinski definition) is 1. The van der Waals surface area contributed by atoms with Gasteiger partial charge >= 0.3 is 5.97 Å². The Hall–Kier alpha value is -1.91. The molecule has 0 radical (unpaired) electrons. The van der Waals surface area contributed by atoms with Gasteiger partial charge in [0.25, 0.3) is 0 Å². The first kappa shape index (κ1) is 12.1. The molecule has 5 heteroatoms. The van der Waals surface area contributed by atoms with Gasteiger partial charge in [0.2, 0.25) is 5.89 Å². The van der Waals surface area contributed by atoms with Crippen molar-refractivity contribution in [2.45, 2.75) is 32.6 Å². The summed E-state index contributed by atoms with van der Waals surface area (Å²) < 4.78 is 5.70. The average molecular weight is 260 g/mol. The Bertz CT molecular complexity index is 635. The molecular weight excluding hydrogens is 244 g/mol. The monoisotopic (exact) mass is 260 g/mol. The summed E-state index contributed by atoms with van der Waals surface area (Å²) in [5, 5.41) is 9.30. The van der Waals surface area contributed by atoms with E-state index in [4.69, 9.17) is 4.42 Å². The van der Waals surface area contributed by atoms with E-state index < -0.39 is 11.9 Å². The summed E-state index contributed by atoms with van der Waals surface area (Å²) in [5.74, 6) is -0.396. The van der Waals surface area contributed by atoms with Crippen molar-refractivity contribution in [3.8, 4) is 0 Å². The van der Waals surface area contributed by atoms with E-state index in [0.717, 1.165) is 12.1 Å². The quantitative estimate of drug-likeness (QED) is 0.898. The van der Waals surface area contributed by atoms with Crippen LogP contribution in [0.5, 0.6) is 0 Å². The van der Waals surface area contributed by atoms with Crippen molar-refractivity contribution >= 4 is 17.2 Å². The second-order valence-corrected chi connectivity index (χ2v) is 5.45. The highest BCUT2D eigenvalue weighted by molar-refractivity contribution is 5.72. The van der Waals surface area contributed by atoms with Crippen LogP contribution in [0.15, 0.2) is 16.5 Å². The number of rotatable bonds is 2. The van der Waals surface area contributed by atoms with Gasteiger partial charge in [0.05, 0.1) is 5.92 Å². The standard InChI is InChI=1S/C14H16N2O3/c1-7-5-9(10(6-7)14(17)18)13-16-12-11(19-13)4-3-8(2)15-12/h3-4,7,9-10H,5-6H2,1-2H3,(H,17,18). The fourth-order valence-electron chi connectivity index (χ4n) is 2.93. The molecule has 0 aliphatic heterocycles. The Labute approximate surface area is 110 Å². The molecule has 1 fully saturated rings. The van der Waals surface area contributed by atoms with E-state index in [1.807, 2.05) is 19.1 Å². The second kappa shape index (κ2) is 4.33. The van der Waals surface area contributed by atoms with E-state index >= 15 is 0 Å². The highest BCUT2D eigenvalue weighted by Crippen LogP contribution is 2.43. The van der Waals surface area contributed by atoms with E-state index in [-0.39, 0.29) is 5.92 Å². The molecule has 3 rings (SSSR count). The summed E-state index contributed by atoms with van der Waals surface area (Å²) in [6.45, 7) is 3.96. The number of carboxylic acids is 1. The van der Waals surface area contributed by atoms with Crippen LogP contribution >= 0.6 is 0 Å². The van der Waals surface area contributed by atoms with Gasteiger partial charge in [0, 0.05) is 11.6 Å². The average Bonchev–Trinajstić information content (AvgIpc) is 2.91. The topological polar surface area (TPSA) is 76.2 Å². The van der Waals surface area contributed by atoms with Gasteiger partial charge in [-0.2, -0.15) is 4.98 Å². The molecule has 3 atom stereocenters. The van der Waals surface area contributed by atoms with Crippen LogP contribution in [0, 0.1) is 18.8 Å². The highest BCUT2D eigenvalue weighted by atomic mass is 16.4. The van der Waals surface area contributed by atoms with Crippen molar-refractivity contribution in [1.29, 1.82) is 0 Å². The Morgan fingerprint density at radius 2 is 2.16 bits per heavy atom. The number of aromatic nitrogens is 2. The van der Waals surface area contributed by atoms with Crippen LogP contribution in [0.2, 0.25) is 0 Å². The normalized spacial score (nSPS) is 26.9. The molecule has 0 bridgehead atoms. The first-order chi connectivity index (χ1) is 9.04. The number of fused-ring (bicyclic) bond motifs is 1. The third kappa shape index (κ3) is 2.09. The zero-order chi connectivity index (χ0) is 13.6. The number of carboxylic acid groups (broad SMARTS) is 1. The molecule has 1 aliphatic carbocycles. The summed E-state index contributed by atoms with van der Waals surface area (Å²) in [6.07, 6.45) is 1.49. The maximum absolute atomic E-state index is 11.3. The van der Waals surface area contributed by atoms with Crippen molar-refractivity contribution in [3.63, 3.8) is 0 Å². The van der Waals surface area contributed by atoms with Crippen LogP contribution in [0.25, 0.3) is 11.2 Å². The van der Waals surface area contributed by atoms with Gasteiger partial charge < -0.3 is 9.52 Å². The summed E-state index contributed by atoms with van der Waals surface area (Å²) >= 11 is 0. The van der Waals surface area contributed by atoms with E-state index in [9.17, 15) is 9.90 Å². The highest BCUT2D eigenvalue weighted by Gasteiger charge is 2.40. The lowest BCUT2D eigenvalue weighted by Crippen LogP contribution is -2.17. The van der Waals surface area contributed by atoms with E-state index in [1.165, 1.54) is 0 Å². The molecule has 100 valence electrons. The molecule has 2 aromatic rings. The van der Waals surface area contributed by atoms with E-state index in [2.05, 4.69) is 16.9 Å². The maximum Gasteiger partial charge on any atom is 0.307 e. The zero-order valence-electron chi connectivity index (χ0n) is 11.0. The molecule has 1 N–H and O–H groups in total. The van der Waals surface area contributed by atoms with Gasteiger partial charge in [-0.05, 0) is 37.8 Å². The lowest BCUT2D eigenvalue weighted by molar-refractivity contribution is -0.142. The third-order valence-corrected chi connectivity index (χ3v) is 3.84. The Kier molecular flexibility index (Phi) is 2.77. The Morgan fingerprint density at radius 1 is 1.37 bits per heavy atom. The minimum Gasteiger partial charge on any atom is -0.481 e. The predicted molar refractivity (Wildman–Crippen MR) is 68.8 cm³/mol. The lowest BCUT2D eigenvalue weighted by Gasteiger charge is -2.10. The number of nitrogens with zero attached hydrogens (tertiary/aromatic N) is 2. The van der Waals surface area contributed by atoms with Gasteiger partial charge in [0.15, 0.2) is 11.2 Å². The minimum atomic E-state index is -0.763. The number of pyridine rings is 1. The lowest BCUT2D eigenvalue weighted by atomic mass is 9.96. The Morgan fingerprint density at radius 3 is 2.89 bits per heavy atom. The van der Waals surface area contributed by atoms with Crippen molar-refractivity contribution in [3.05, 3.63) is 23.7 Å². The number of aliphatic carboxylic acids is 1. The molecule has 5 nitrogen and oxygen atoms in total. The molecule has 3 unspecified atom stereocenters. The summed E-state index contributed by atoms with van der Waals surface area (Å²) in [4.78, 5) is 20.0. The van der Waals surface area contributed by atoms with Gasteiger partial charge in [0.1, 0.15) is 0 Å². The smallest absolute Gasteiger partial charge is 0.307 e. The number of hydrogen-bond acceptors (Lipinski definition) is 4. The predicted octanol–water partition coefficient (Wildman–Crippen LogP) is 2.75. The largest absolute Gasteiger partial charge is 0.481 e. The number of aryl methyl sites for hydroxylation is 1.